The summed E-state index contributed by atoms with van der Waals surface area (Å²) in [6.45, 7) is 10.9. The molecule has 5 heteroatoms. The summed E-state index contributed by atoms with van der Waals surface area (Å²) in [5.41, 5.74) is 2.42. The third-order valence-electron chi connectivity index (χ3n) is 6.61. The fourth-order valence-electron chi connectivity index (χ4n) is 4.74. The van der Waals surface area contributed by atoms with Gasteiger partial charge in [-0.25, -0.2) is 0 Å². The molecule has 1 aromatic rings. The topological polar surface area (TPSA) is 66.5 Å². The molecule has 1 aliphatic heterocycles. The van der Waals surface area contributed by atoms with Crippen molar-refractivity contribution >= 4 is 17.7 Å². The van der Waals surface area contributed by atoms with E-state index in [-0.39, 0.29) is 59.9 Å². The Morgan fingerprint density at radius 2 is 1.57 bits per heavy atom. The average molecular weight is 413 g/mol. The van der Waals surface area contributed by atoms with Crippen LogP contribution in [-0.4, -0.2) is 29.2 Å². The zero-order valence-corrected chi connectivity index (χ0v) is 19.0. The summed E-state index contributed by atoms with van der Waals surface area (Å²) in [6, 6.07) is 8.33. The van der Waals surface area contributed by atoms with Gasteiger partial charge in [-0.15, -0.1) is 0 Å². The number of hydrogen-bond donors (Lipinski definition) is 1. The zero-order valence-electron chi connectivity index (χ0n) is 19.0. The Hall–Kier alpha value is -2.17. The van der Waals surface area contributed by atoms with Crippen LogP contribution in [0.15, 0.2) is 24.3 Å². The lowest BCUT2D eigenvalue weighted by molar-refractivity contribution is -0.140. The number of benzene rings is 1. The minimum Gasteiger partial charge on any atom is -0.349 e. The number of nitrogens with one attached hydrogen (secondary N) is 1. The first kappa shape index (κ1) is 22.5. The molecule has 3 atom stereocenters. The molecule has 0 aromatic heterocycles. The number of imide groups is 1. The Labute approximate surface area is 180 Å². The van der Waals surface area contributed by atoms with Gasteiger partial charge in [0.25, 0.3) is 0 Å². The number of nitrogens with zero attached hydrogens (tertiary/aromatic N) is 1. The maximum atomic E-state index is 12.7. The second-order valence-electron chi connectivity index (χ2n) is 10.2. The number of hydrogen-bond acceptors (Lipinski definition) is 3. The van der Waals surface area contributed by atoms with Crippen LogP contribution in [0.4, 0.5) is 0 Å². The second-order valence-corrected chi connectivity index (χ2v) is 10.2. The van der Waals surface area contributed by atoms with Crippen LogP contribution in [0.2, 0.25) is 0 Å². The smallest absolute Gasteiger partial charge is 0.233 e. The molecule has 1 aliphatic carbocycles. The van der Waals surface area contributed by atoms with E-state index in [9.17, 15) is 14.4 Å². The van der Waals surface area contributed by atoms with E-state index in [0.717, 1.165) is 31.2 Å². The number of likely N-dealkylation sites (tertiary alicyclic amines) is 1. The van der Waals surface area contributed by atoms with Crippen LogP contribution in [0.3, 0.4) is 0 Å². The molecule has 1 saturated heterocycles. The molecule has 30 heavy (non-hydrogen) atoms. The highest BCUT2D eigenvalue weighted by molar-refractivity contribution is 6.05. The van der Waals surface area contributed by atoms with Crippen molar-refractivity contribution in [2.45, 2.75) is 78.2 Å². The van der Waals surface area contributed by atoms with Crippen LogP contribution in [0.1, 0.15) is 83.9 Å². The van der Waals surface area contributed by atoms with Crippen LogP contribution >= 0.6 is 0 Å². The van der Waals surface area contributed by atoms with Gasteiger partial charge >= 0.3 is 0 Å². The van der Waals surface area contributed by atoms with Crippen LogP contribution in [0.25, 0.3) is 0 Å². The Morgan fingerprint density at radius 3 is 2.03 bits per heavy atom. The van der Waals surface area contributed by atoms with E-state index in [0.29, 0.717) is 0 Å². The largest absolute Gasteiger partial charge is 0.349 e. The van der Waals surface area contributed by atoms with Gasteiger partial charge in [0.15, 0.2) is 0 Å². The Bertz CT molecular complexity index is 768. The SMILES string of the molecule is CC(C)[C@H](NC(=O)CCN1C(=O)[C@H]2CCCC[C@@H]2C1=O)c1ccc(C(C)(C)C)cc1. The first-order valence-corrected chi connectivity index (χ1v) is 11.3. The molecule has 1 aromatic carbocycles. The number of rotatable bonds is 6. The van der Waals surface area contributed by atoms with E-state index in [2.05, 4.69) is 64.2 Å². The van der Waals surface area contributed by atoms with Crippen LogP contribution < -0.4 is 5.32 Å². The molecule has 3 amide bonds. The monoisotopic (exact) mass is 412 g/mol. The second kappa shape index (κ2) is 8.91. The lowest BCUT2D eigenvalue weighted by Crippen LogP contribution is -2.37. The number of carbonyl (C=O) groups is 3. The summed E-state index contributed by atoms with van der Waals surface area (Å²) in [5.74, 6) is -0.346. The van der Waals surface area contributed by atoms with Crippen molar-refractivity contribution in [2.75, 3.05) is 6.54 Å². The third kappa shape index (κ3) is 4.76. The predicted molar refractivity (Wildman–Crippen MR) is 118 cm³/mol. The summed E-state index contributed by atoms with van der Waals surface area (Å²) in [6.07, 6.45) is 3.78. The van der Waals surface area contributed by atoms with E-state index in [1.54, 1.807) is 0 Å². The normalized spacial score (nSPS) is 22.9. The summed E-state index contributed by atoms with van der Waals surface area (Å²) >= 11 is 0. The molecule has 2 fully saturated rings. The highest BCUT2D eigenvalue weighted by atomic mass is 16.2. The van der Waals surface area contributed by atoms with E-state index >= 15 is 0 Å². The molecular weight excluding hydrogens is 376 g/mol. The van der Waals surface area contributed by atoms with Crippen molar-refractivity contribution in [3.05, 3.63) is 35.4 Å². The highest BCUT2D eigenvalue weighted by Crippen LogP contribution is 2.38. The molecule has 0 radical (unpaired) electrons. The minimum absolute atomic E-state index is 0.0734. The summed E-state index contributed by atoms with van der Waals surface area (Å²) in [4.78, 5) is 39.2. The van der Waals surface area contributed by atoms with E-state index in [1.165, 1.54) is 10.5 Å². The number of amides is 3. The van der Waals surface area contributed by atoms with Crippen molar-refractivity contribution in [3.63, 3.8) is 0 Å². The Kier molecular flexibility index (Phi) is 6.68. The summed E-state index contributed by atoms with van der Waals surface area (Å²) < 4.78 is 0. The lowest BCUT2D eigenvalue weighted by atomic mass is 9.81. The molecule has 0 unspecified atom stereocenters. The van der Waals surface area contributed by atoms with E-state index in [4.69, 9.17) is 0 Å². The Morgan fingerprint density at radius 1 is 1.03 bits per heavy atom. The van der Waals surface area contributed by atoms with Crippen molar-refractivity contribution < 1.29 is 14.4 Å². The molecule has 1 saturated carbocycles. The van der Waals surface area contributed by atoms with Crippen LogP contribution in [0, 0.1) is 17.8 Å². The van der Waals surface area contributed by atoms with Gasteiger partial charge in [0.1, 0.15) is 0 Å². The molecule has 164 valence electrons. The maximum absolute atomic E-state index is 12.7. The van der Waals surface area contributed by atoms with Gasteiger partial charge in [-0.2, -0.15) is 0 Å². The lowest BCUT2D eigenvalue weighted by Gasteiger charge is -2.25. The molecule has 1 heterocycles. The average Bonchev–Trinajstić information content (AvgIpc) is 2.94. The van der Waals surface area contributed by atoms with Crippen molar-refractivity contribution in [2.24, 2.45) is 17.8 Å². The fraction of sp³-hybridized carbons (Fsp3) is 0.640. The van der Waals surface area contributed by atoms with Gasteiger partial charge in [-0.3, -0.25) is 19.3 Å². The molecule has 0 bridgehead atoms. The minimum atomic E-state index is -0.154. The van der Waals surface area contributed by atoms with Gasteiger partial charge in [0.05, 0.1) is 17.9 Å². The Balaban J connectivity index is 1.61. The number of fused-ring (bicyclic) bond motifs is 1. The van der Waals surface area contributed by atoms with Crippen molar-refractivity contribution in [1.29, 1.82) is 0 Å². The summed E-state index contributed by atoms with van der Waals surface area (Å²) in [5, 5.41) is 3.12. The maximum Gasteiger partial charge on any atom is 0.233 e. The van der Waals surface area contributed by atoms with E-state index in [1.807, 2.05) is 0 Å². The zero-order chi connectivity index (χ0) is 22.1. The van der Waals surface area contributed by atoms with Gasteiger partial charge < -0.3 is 5.32 Å². The van der Waals surface area contributed by atoms with Crippen LogP contribution in [0.5, 0.6) is 0 Å². The highest BCUT2D eigenvalue weighted by Gasteiger charge is 2.47. The molecule has 2 aliphatic rings. The molecule has 5 nitrogen and oxygen atoms in total. The number of carbonyl (C=O) groups excluding carboxylic acids is 3. The van der Waals surface area contributed by atoms with Crippen molar-refractivity contribution in [3.8, 4) is 0 Å². The molecular formula is C25H36N2O3. The first-order chi connectivity index (χ1) is 14.1. The first-order valence-electron chi connectivity index (χ1n) is 11.3. The van der Waals surface area contributed by atoms with Gasteiger partial charge in [0, 0.05) is 13.0 Å². The summed E-state index contributed by atoms with van der Waals surface area (Å²) in [7, 11) is 0. The van der Waals surface area contributed by atoms with Crippen molar-refractivity contribution in [1.82, 2.24) is 10.2 Å². The van der Waals surface area contributed by atoms with Gasteiger partial charge in [-0.1, -0.05) is 71.7 Å². The predicted octanol–water partition coefficient (Wildman–Crippen LogP) is 4.36. The third-order valence-corrected chi connectivity index (χ3v) is 6.61. The fourth-order valence-corrected chi connectivity index (χ4v) is 4.74. The van der Waals surface area contributed by atoms with Gasteiger partial charge in [0.2, 0.25) is 17.7 Å². The molecule has 1 N–H and O–H groups in total. The van der Waals surface area contributed by atoms with Gasteiger partial charge in [-0.05, 0) is 35.3 Å². The van der Waals surface area contributed by atoms with Crippen LogP contribution in [-0.2, 0) is 19.8 Å². The molecule has 0 spiro atoms. The molecule has 3 rings (SSSR count). The standard InChI is InChI=1S/C25H36N2O3/c1-16(2)22(17-10-12-18(13-11-17)25(3,4)5)26-21(28)14-15-27-23(29)19-8-6-7-9-20(19)24(27)30/h10-13,16,19-20,22H,6-9,14-15H2,1-5H3,(H,26,28)/t19-,20-,22-/m0/s1. The van der Waals surface area contributed by atoms with E-state index < -0.39 is 0 Å². The quantitative estimate of drug-likeness (QED) is 0.706.